The van der Waals surface area contributed by atoms with E-state index in [-0.39, 0.29) is 5.75 Å². The Morgan fingerprint density at radius 3 is 2.65 bits per heavy atom. The number of hydrogen-bond acceptors (Lipinski definition) is 5. The Balaban J connectivity index is 1.71. The van der Waals surface area contributed by atoms with Crippen LogP contribution in [0.25, 0.3) is 10.8 Å². The summed E-state index contributed by atoms with van der Waals surface area (Å²) < 4.78 is 28.4. The number of aromatic nitrogens is 2. The molecule has 3 rings (SSSR count). The Labute approximate surface area is 130 Å². The van der Waals surface area contributed by atoms with Crippen LogP contribution in [0.15, 0.2) is 59.8 Å². The number of halogens is 2. The number of nitrogens with zero attached hydrogens (tertiary/aromatic N) is 3. The molecular weight excluding hydrogens is 302 g/mol. The Morgan fingerprint density at radius 1 is 1.09 bits per heavy atom. The van der Waals surface area contributed by atoms with E-state index in [4.69, 9.17) is 0 Å². The topological polar surface area (TPSA) is 59.4 Å². The quantitative estimate of drug-likeness (QED) is 0.576. The van der Waals surface area contributed by atoms with Gasteiger partial charge in [0.05, 0.1) is 12.4 Å². The second kappa shape index (κ2) is 6.78. The fraction of sp³-hybridized carbons (Fsp3) is 0.0625. The number of alkyl halides is 2. The van der Waals surface area contributed by atoms with E-state index in [2.05, 4.69) is 25.5 Å². The minimum absolute atomic E-state index is 0.102. The van der Waals surface area contributed by atoms with Crippen molar-refractivity contribution in [2.45, 2.75) is 6.61 Å². The highest BCUT2D eigenvalue weighted by molar-refractivity contribution is 5.91. The van der Waals surface area contributed by atoms with Crippen LogP contribution in [0.4, 0.5) is 14.6 Å². The number of fused-ring (bicyclic) bond motifs is 1. The molecule has 0 amide bonds. The third kappa shape index (κ3) is 3.76. The largest absolute Gasteiger partial charge is 0.435 e. The second-order valence-electron chi connectivity index (χ2n) is 4.60. The van der Waals surface area contributed by atoms with E-state index >= 15 is 0 Å². The number of hydrazone groups is 1. The number of benzene rings is 2. The minimum Gasteiger partial charge on any atom is -0.435 e. The maximum absolute atomic E-state index is 12.1. The number of ether oxygens (including phenoxy) is 1. The van der Waals surface area contributed by atoms with E-state index in [1.807, 2.05) is 24.3 Å². The molecule has 0 aliphatic rings. The molecule has 0 bridgehead atoms. The average molecular weight is 314 g/mol. The third-order valence-corrected chi connectivity index (χ3v) is 3.06. The van der Waals surface area contributed by atoms with Crippen LogP contribution < -0.4 is 10.2 Å². The zero-order valence-corrected chi connectivity index (χ0v) is 11.9. The predicted octanol–water partition coefficient (Wildman–Crippen LogP) is 3.68. The second-order valence-corrected chi connectivity index (χ2v) is 4.60. The summed E-state index contributed by atoms with van der Waals surface area (Å²) in [6, 6.07) is 13.8. The summed E-state index contributed by atoms with van der Waals surface area (Å²) >= 11 is 0. The Bertz CT molecular complexity index is 816. The smallest absolute Gasteiger partial charge is 0.387 e. The van der Waals surface area contributed by atoms with Crippen LogP contribution in [0.5, 0.6) is 5.75 Å². The van der Waals surface area contributed by atoms with Crippen LogP contribution in [-0.2, 0) is 0 Å². The summed E-state index contributed by atoms with van der Waals surface area (Å²) in [5.74, 6) is 0.641. The van der Waals surface area contributed by atoms with Gasteiger partial charge >= 0.3 is 6.61 Å². The van der Waals surface area contributed by atoms with Crippen molar-refractivity contribution in [3.8, 4) is 5.75 Å². The van der Waals surface area contributed by atoms with Crippen molar-refractivity contribution in [1.29, 1.82) is 0 Å². The van der Waals surface area contributed by atoms with Gasteiger partial charge in [-0.05, 0) is 29.8 Å². The Kier molecular flexibility index (Phi) is 4.37. The van der Waals surface area contributed by atoms with Crippen LogP contribution in [0.2, 0.25) is 0 Å². The first-order valence-corrected chi connectivity index (χ1v) is 6.77. The highest BCUT2D eigenvalue weighted by Crippen LogP contribution is 2.19. The molecule has 0 saturated carbocycles. The van der Waals surface area contributed by atoms with Gasteiger partial charge in [0.2, 0.25) is 0 Å². The first-order chi connectivity index (χ1) is 11.2. The summed E-state index contributed by atoms with van der Waals surface area (Å²) in [6.07, 6.45) is 3.22. The summed E-state index contributed by atoms with van der Waals surface area (Å²) in [4.78, 5) is 0. The number of anilines is 1. The van der Waals surface area contributed by atoms with Gasteiger partial charge in [-0.25, -0.2) is 0 Å². The van der Waals surface area contributed by atoms with Crippen molar-refractivity contribution in [2.75, 3.05) is 5.43 Å². The van der Waals surface area contributed by atoms with Crippen molar-refractivity contribution in [3.63, 3.8) is 0 Å². The predicted molar refractivity (Wildman–Crippen MR) is 83.8 cm³/mol. The Hall–Kier alpha value is -3.09. The van der Waals surface area contributed by atoms with Gasteiger partial charge < -0.3 is 4.74 Å². The monoisotopic (exact) mass is 314 g/mol. The number of nitrogens with one attached hydrogen (secondary N) is 1. The van der Waals surface area contributed by atoms with Gasteiger partial charge in [0.25, 0.3) is 0 Å². The van der Waals surface area contributed by atoms with Crippen molar-refractivity contribution >= 4 is 22.8 Å². The lowest BCUT2D eigenvalue weighted by Crippen LogP contribution is -2.01. The van der Waals surface area contributed by atoms with Gasteiger partial charge in [-0.15, -0.1) is 5.10 Å². The molecule has 7 heteroatoms. The fourth-order valence-corrected chi connectivity index (χ4v) is 2.01. The fourth-order valence-electron chi connectivity index (χ4n) is 2.01. The van der Waals surface area contributed by atoms with Crippen LogP contribution in [0.3, 0.4) is 0 Å². The first kappa shape index (κ1) is 14.8. The van der Waals surface area contributed by atoms with E-state index in [9.17, 15) is 8.78 Å². The van der Waals surface area contributed by atoms with E-state index in [0.29, 0.717) is 5.82 Å². The lowest BCUT2D eigenvalue weighted by molar-refractivity contribution is -0.0498. The van der Waals surface area contributed by atoms with Gasteiger partial charge in [-0.3, -0.25) is 5.43 Å². The highest BCUT2D eigenvalue weighted by atomic mass is 19.3. The molecule has 0 aliphatic heterocycles. The summed E-state index contributed by atoms with van der Waals surface area (Å²) in [6.45, 7) is -2.83. The van der Waals surface area contributed by atoms with Crippen molar-refractivity contribution < 1.29 is 13.5 Å². The standard InChI is InChI=1S/C16H12F2N4O/c17-16(18)23-13-7-5-11(6-8-13)9-19-21-15-14-4-2-1-3-12(14)10-20-22-15/h1-10,16H,(H,21,22). The molecule has 0 unspecified atom stereocenters. The molecule has 23 heavy (non-hydrogen) atoms. The molecule has 0 radical (unpaired) electrons. The maximum Gasteiger partial charge on any atom is 0.387 e. The van der Waals surface area contributed by atoms with Gasteiger partial charge in [0.1, 0.15) is 5.75 Å². The van der Waals surface area contributed by atoms with E-state index in [1.54, 1.807) is 24.5 Å². The maximum atomic E-state index is 12.1. The molecular formula is C16H12F2N4O. The van der Waals surface area contributed by atoms with E-state index < -0.39 is 6.61 Å². The van der Waals surface area contributed by atoms with Gasteiger partial charge in [-0.1, -0.05) is 24.3 Å². The number of hydrogen-bond donors (Lipinski definition) is 1. The van der Waals surface area contributed by atoms with Gasteiger partial charge in [0, 0.05) is 10.8 Å². The zero-order chi connectivity index (χ0) is 16.1. The minimum atomic E-state index is -2.83. The molecule has 5 nitrogen and oxygen atoms in total. The molecule has 3 aromatic rings. The normalized spacial score (nSPS) is 11.3. The van der Waals surface area contributed by atoms with Crippen LogP contribution >= 0.6 is 0 Å². The molecule has 2 aromatic carbocycles. The Morgan fingerprint density at radius 2 is 1.87 bits per heavy atom. The van der Waals surface area contributed by atoms with Crippen molar-refractivity contribution in [2.24, 2.45) is 5.10 Å². The zero-order valence-electron chi connectivity index (χ0n) is 11.9. The van der Waals surface area contributed by atoms with Crippen molar-refractivity contribution in [3.05, 3.63) is 60.3 Å². The summed E-state index contributed by atoms with van der Waals surface area (Å²) in [7, 11) is 0. The molecule has 0 aliphatic carbocycles. The van der Waals surface area contributed by atoms with Gasteiger partial charge in [-0.2, -0.15) is 19.0 Å². The molecule has 1 N–H and O–H groups in total. The van der Waals surface area contributed by atoms with E-state index in [0.717, 1.165) is 16.3 Å². The molecule has 0 spiro atoms. The average Bonchev–Trinajstić information content (AvgIpc) is 2.56. The lowest BCUT2D eigenvalue weighted by atomic mass is 10.2. The van der Waals surface area contributed by atoms with Gasteiger partial charge in [0.15, 0.2) is 5.82 Å². The lowest BCUT2D eigenvalue weighted by Gasteiger charge is -2.04. The van der Waals surface area contributed by atoms with Crippen molar-refractivity contribution in [1.82, 2.24) is 10.2 Å². The molecule has 1 aromatic heterocycles. The van der Waals surface area contributed by atoms with E-state index in [1.165, 1.54) is 12.1 Å². The first-order valence-electron chi connectivity index (χ1n) is 6.77. The van der Waals surface area contributed by atoms with Crippen LogP contribution in [0, 0.1) is 0 Å². The SMILES string of the molecule is FC(F)Oc1ccc(C=NNc2nncc3ccccc23)cc1. The molecule has 116 valence electrons. The summed E-state index contributed by atoms with van der Waals surface area (Å²) in [5, 5.41) is 13.9. The molecule has 0 fully saturated rings. The molecule has 0 saturated heterocycles. The molecule has 0 atom stereocenters. The summed E-state index contributed by atoms with van der Waals surface area (Å²) in [5.41, 5.74) is 3.56. The van der Waals surface area contributed by atoms with Crippen LogP contribution in [0.1, 0.15) is 5.56 Å². The highest BCUT2D eigenvalue weighted by Gasteiger charge is 2.03. The molecule has 1 heterocycles. The number of rotatable bonds is 5. The third-order valence-electron chi connectivity index (χ3n) is 3.06. The van der Waals surface area contributed by atoms with Crippen LogP contribution in [-0.4, -0.2) is 23.0 Å².